The highest BCUT2D eigenvalue weighted by Crippen LogP contribution is 2.35. The molecule has 0 bridgehead atoms. The van der Waals surface area contributed by atoms with Crippen LogP contribution in [0.25, 0.3) is 6.08 Å². The van der Waals surface area contributed by atoms with Gasteiger partial charge in [0.1, 0.15) is 0 Å². The maximum Gasteiger partial charge on any atom is 0.200 e. The SMILES string of the molecule is CSc1ccc(C(=O)C=Cc2cc(O)c(O)c(O)c2)cc1. The lowest BCUT2D eigenvalue weighted by molar-refractivity contribution is 0.104. The van der Waals surface area contributed by atoms with Gasteiger partial charge in [-0.2, -0.15) is 0 Å². The monoisotopic (exact) mass is 302 g/mol. The Bertz CT molecular complexity index is 667. The molecule has 4 nitrogen and oxygen atoms in total. The highest BCUT2D eigenvalue weighted by Gasteiger charge is 2.07. The van der Waals surface area contributed by atoms with Gasteiger partial charge in [0, 0.05) is 10.5 Å². The molecule has 0 heterocycles. The summed E-state index contributed by atoms with van der Waals surface area (Å²) in [5.74, 6) is -1.64. The topological polar surface area (TPSA) is 77.8 Å². The van der Waals surface area contributed by atoms with E-state index in [-0.39, 0.29) is 5.78 Å². The number of aromatic hydroxyl groups is 3. The van der Waals surface area contributed by atoms with E-state index in [2.05, 4.69) is 0 Å². The van der Waals surface area contributed by atoms with Gasteiger partial charge in [-0.15, -0.1) is 11.8 Å². The zero-order chi connectivity index (χ0) is 15.4. The number of allylic oxidation sites excluding steroid dienone is 1. The molecule has 0 aliphatic carbocycles. The number of carbonyl (C=O) groups is 1. The molecule has 2 rings (SSSR count). The Balaban J connectivity index is 2.18. The Morgan fingerprint density at radius 3 is 2.14 bits per heavy atom. The van der Waals surface area contributed by atoms with E-state index in [0.717, 1.165) is 4.90 Å². The van der Waals surface area contributed by atoms with Crippen LogP contribution in [0.4, 0.5) is 0 Å². The molecule has 0 aliphatic heterocycles. The van der Waals surface area contributed by atoms with Crippen molar-refractivity contribution in [1.82, 2.24) is 0 Å². The minimum Gasteiger partial charge on any atom is -0.504 e. The second kappa shape index (κ2) is 6.37. The third-order valence-corrected chi connectivity index (χ3v) is 3.64. The zero-order valence-electron chi connectivity index (χ0n) is 11.3. The molecule has 3 N–H and O–H groups in total. The van der Waals surface area contributed by atoms with E-state index < -0.39 is 17.2 Å². The number of phenols is 3. The first-order valence-electron chi connectivity index (χ1n) is 6.12. The van der Waals surface area contributed by atoms with Crippen molar-refractivity contribution in [2.45, 2.75) is 4.90 Å². The molecule has 0 fully saturated rings. The smallest absolute Gasteiger partial charge is 0.200 e. The van der Waals surface area contributed by atoms with E-state index in [4.69, 9.17) is 0 Å². The summed E-state index contributed by atoms with van der Waals surface area (Å²) in [4.78, 5) is 13.1. The zero-order valence-corrected chi connectivity index (χ0v) is 12.1. The van der Waals surface area contributed by atoms with Crippen LogP contribution in [0.1, 0.15) is 15.9 Å². The van der Waals surface area contributed by atoms with Gasteiger partial charge in [0.05, 0.1) is 0 Å². The largest absolute Gasteiger partial charge is 0.504 e. The number of hydrogen-bond donors (Lipinski definition) is 3. The molecule has 0 aliphatic rings. The fourth-order valence-corrected chi connectivity index (χ4v) is 2.15. The molecule has 0 saturated carbocycles. The van der Waals surface area contributed by atoms with Crippen molar-refractivity contribution in [3.8, 4) is 17.2 Å². The molecule has 0 unspecified atom stereocenters. The molecule has 21 heavy (non-hydrogen) atoms. The van der Waals surface area contributed by atoms with E-state index in [1.54, 1.807) is 23.9 Å². The number of benzene rings is 2. The number of carbonyl (C=O) groups excluding carboxylic acids is 1. The predicted octanol–water partition coefficient (Wildman–Crippen LogP) is 3.42. The summed E-state index contributed by atoms with van der Waals surface area (Å²) in [5, 5.41) is 28.0. The molecule has 2 aromatic rings. The normalized spacial score (nSPS) is 10.9. The van der Waals surface area contributed by atoms with Crippen LogP contribution in [-0.4, -0.2) is 27.4 Å². The summed E-state index contributed by atoms with van der Waals surface area (Å²) >= 11 is 1.60. The van der Waals surface area contributed by atoms with Crippen molar-refractivity contribution in [3.63, 3.8) is 0 Å². The third-order valence-electron chi connectivity index (χ3n) is 2.89. The Hall–Kier alpha value is -2.40. The quantitative estimate of drug-likeness (QED) is 0.349. The van der Waals surface area contributed by atoms with Crippen LogP contribution >= 0.6 is 11.8 Å². The number of thioether (sulfide) groups is 1. The van der Waals surface area contributed by atoms with Crippen LogP contribution in [-0.2, 0) is 0 Å². The number of phenolic OH excluding ortho intramolecular Hbond substituents is 3. The van der Waals surface area contributed by atoms with E-state index in [1.165, 1.54) is 24.3 Å². The summed E-state index contributed by atoms with van der Waals surface area (Å²) in [6.07, 6.45) is 4.77. The van der Waals surface area contributed by atoms with Gasteiger partial charge in [0.15, 0.2) is 23.0 Å². The van der Waals surface area contributed by atoms with Crippen LogP contribution in [0.2, 0.25) is 0 Å². The van der Waals surface area contributed by atoms with Crippen LogP contribution < -0.4 is 0 Å². The van der Waals surface area contributed by atoms with E-state index in [0.29, 0.717) is 11.1 Å². The van der Waals surface area contributed by atoms with Gasteiger partial charge in [-0.3, -0.25) is 4.79 Å². The summed E-state index contributed by atoms with van der Waals surface area (Å²) in [7, 11) is 0. The van der Waals surface area contributed by atoms with Crippen LogP contribution in [0.5, 0.6) is 17.2 Å². The van der Waals surface area contributed by atoms with E-state index in [9.17, 15) is 20.1 Å². The minimum absolute atomic E-state index is 0.185. The highest BCUT2D eigenvalue weighted by molar-refractivity contribution is 7.98. The average molecular weight is 302 g/mol. The number of ketones is 1. The minimum atomic E-state index is -0.578. The molecule has 0 saturated heterocycles. The molecule has 2 aromatic carbocycles. The van der Waals surface area contributed by atoms with E-state index in [1.807, 2.05) is 18.4 Å². The van der Waals surface area contributed by atoms with Gasteiger partial charge < -0.3 is 15.3 Å². The second-order valence-corrected chi connectivity index (χ2v) is 5.21. The molecule has 5 heteroatoms. The molecular weight excluding hydrogens is 288 g/mol. The molecule has 108 valence electrons. The van der Waals surface area contributed by atoms with Crippen molar-refractivity contribution in [3.05, 3.63) is 53.6 Å². The Morgan fingerprint density at radius 2 is 1.62 bits per heavy atom. The van der Waals surface area contributed by atoms with Crippen molar-refractivity contribution in [2.24, 2.45) is 0 Å². The van der Waals surface area contributed by atoms with Gasteiger partial charge in [-0.05, 0) is 54.3 Å². The van der Waals surface area contributed by atoms with E-state index >= 15 is 0 Å². The van der Waals surface area contributed by atoms with Gasteiger partial charge in [-0.1, -0.05) is 6.08 Å². The van der Waals surface area contributed by atoms with Crippen molar-refractivity contribution in [1.29, 1.82) is 0 Å². The first-order chi connectivity index (χ1) is 10.0. The van der Waals surface area contributed by atoms with Crippen molar-refractivity contribution < 1.29 is 20.1 Å². The van der Waals surface area contributed by atoms with Gasteiger partial charge in [0.2, 0.25) is 0 Å². The van der Waals surface area contributed by atoms with Gasteiger partial charge in [-0.25, -0.2) is 0 Å². The standard InChI is InChI=1S/C16H14O4S/c1-21-12-5-3-11(4-6-12)13(17)7-2-10-8-14(18)16(20)15(19)9-10/h2-9,18-20H,1H3. The van der Waals surface area contributed by atoms with Gasteiger partial charge in [0.25, 0.3) is 0 Å². The van der Waals surface area contributed by atoms with Crippen LogP contribution in [0, 0.1) is 0 Å². The maximum absolute atomic E-state index is 12.0. The lowest BCUT2D eigenvalue weighted by Crippen LogP contribution is -1.93. The Kier molecular flexibility index (Phi) is 4.55. The molecule has 0 radical (unpaired) electrons. The molecule has 0 spiro atoms. The van der Waals surface area contributed by atoms with Crippen molar-refractivity contribution >= 4 is 23.6 Å². The van der Waals surface area contributed by atoms with Crippen LogP contribution in [0.15, 0.2) is 47.4 Å². The summed E-state index contributed by atoms with van der Waals surface area (Å²) in [6, 6.07) is 9.73. The fourth-order valence-electron chi connectivity index (χ4n) is 1.74. The predicted molar refractivity (Wildman–Crippen MR) is 83.0 cm³/mol. The third kappa shape index (κ3) is 3.58. The average Bonchev–Trinajstić information content (AvgIpc) is 2.50. The Morgan fingerprint density at radius 1 is 1.05 bits per heavy atom. The molecule has 0 aromatic heterocycles. The first kappa shape index (κ1) is 15.0. The number of hydrogen-bond acceptors (Lipinski definition) is 5. The fraction of sp³-hybridized carbons (Fsp3) is 0.0625. The highest BCUT2D eigenvalue weighted by atomic mass is 32.2. The molecule has 0 atom stereocenters. The summed E-state index contributed by atoms with van der Waals surface area (Å²) < 4.78 is 0. The van der Waals surface area contributed by atoms with Gasteiger partial charge >= 0.3 is 0 Å². The first-order valence-corrected chi connectivity index (χ1v) is 7.35. The summed E-state index contributed by atoms with van der Waals surface area (Å²) in [6.45, 7) is 0. The maximum atomic E-state index is 12.0. The summed E-state index contributed by atoms with van der Waals surface area (Å²) in [5.41, 5.74) is 0.966. The molecular formula is C16H14O4S. The lowest BCUT2D eigenvalue weighted by atomic mass is 10.1. The second-order valence-electron chi connectivity index (χ2n) is 4.33. The molecule has 0 amide bonds. The van der Waals surface area contributed by atoms with Crippen LogP contribution in [0.3, 0.4) is 0 Å². The number of rotatable bonds is 4. The lowest BCUT2D eigenvalue weighted by Gasteiger charge is -2.02. The Labute approximate surface area is 126 Å². The van der Waals surface area contributed by atoms with Crippen molar-refractivity contribution in [2.75, 3.05) is 6.26 Å².